The Morgan fingerprint density at radius 3 is 2.37 bits per heavy atom. The monoisotopic (exact) mass is 521 g/mol. The third-order valence-corrected chi connectivity index (χ3v) is 8.74. The number of benzene rings is 1. The number of nitrogens with zero attached hydrogens (tertiary/aromatic N) is 3. The maximum Gasteiger partial charge on any atom is 0.249 e. The van der Waals surface area contributed by atoms with E-state index in [1.54, 1.807) is 14.7 Å². The van der Waals surface area contributed by atoms with Crippen molar-refractivity contribution in [3.63, 3.8) is 0 Å². The second-order valence-corrected chi connectivity index (χ2v) is 11.5. The Kier molecular flexibility index (Phi) is 6.99. The summed E-state index contributed by atoms with van der Waals surface area (Å²) < 4.78 is 6.87. The van der Waals surface area contributed by atoms with Crippen molar-refractivity contribution >= 4 is 23.4 Å². The highest BCUT2D eigenvalue weighted by molar-refractivity contribution is 6.04. The number of fused-ring (bicyclic) bond motifs is 2. The summed E-state index contributed by atoms with van der Waals surface area (Å²) in [5, 5.41) is 10.4. The normalized spacial score (nSPS) is 33.4. The van der Waals surface area contributed by atoms with E-state index in [0.717, 1.165) is 18.5 Å². The van der Waals surface area contributed by atoms with Crippen LogP contribution in [0, 0.1) is 17.8 Å². The first-order chi connectivity index (χ1) is 18.2. The molecule has 4 heterocycles. The Labute approximate surface area is 224 Å². The average molecular weight is 522 g/mol. The van der Waals surface area contributed by atoms with Gasteiger partial charge in [0.2, 0.25) is 17.7 Å². The number of anilines is 1. The number of rotatable bonds is 7. The summed E-state index contributed by atoms with van der Waals surface area (Å²) in [4.78, 5) is 48.0. The van der Waals surface area contributed by atoms with Gasteiger partial charge in [0.05, 0.1) is 30.1 Å². The Bertz CT molecular complexity index is 1150. The number of aliphatic hydroxyl groups is 1. The van der Waals surface area contributed by atoms with Crippen LogP contribution in [0.1, 0.15) is 40.5 Å². The van der Waals surface area contributed by atoms with Gasteiger partial charge in [0, 0.05) is 25.3 Å². The highest BCUT2D eigenvalue weighted by Gasteiger charge is 2.75. The molecule has 8 heteroatoms. The maximum atomic E-state index is 14.5. The summed E-state index contributed by atoms with van der Waals surface area (Å²) in [6, 6.07) is 7.90. The van der Waals surface area contributed by atoms with E-state index in [4.69, 9.17) is 4.74 Å². The predicted octanol–water partition coefficient (Wildman–Crippen LogP) is 2.78. The van der Waals surface area contributed by atoms with Gasteiger partial charge < -0.3 is 24.5 Å². The molecule has 38 heavy (non-hydrogen) atoms. The van der Waals surface area contributed by atoms with Crippen molar-refractivity contribution in [2.45, 2.75) is 63.8 Å². The number of hydrogen-bond acceptors (Lipinski definition) is 5. The molecule has 0 bridgehead atoms. The molecule has 204 valence electrons. The molecular weight excluding hydrogens is 482 g/mol. The summed E-state index contributed by atoms with van der Waals surface area (Å²) >= 11 is 0. The molecule has 1 unspecified atom stereocenters. The molecule has 0 aromatic heterocycles. The first-order valence-corrected chi connectivity index (χ1v) is 13.8. The molecule has 1 N–H and O–H groups in total. The van der Waals surface area contributed by atoms with Crippen LogP contribution in [0.5, 0.6) is 0 Å². The van der Waals surface area contributed by atoms with Gasteiger partial charge in [-0.1, -0.05) is 69.7 Å². The Morgan fingerprint density at radius 2 is 1.71 bits per heavy atom. The molecule has 0 aliphatic carbocycles. The molecule has 2 saturated heterocycles. The van der Waals surface area contributed by atoms with Crippen molar-refractivity contribution in [2.24, 2.45) is 17.8 Å². The van der Waals surface area contributed by atoms with Gasteiger partial charge in [-0.2, -0.15) is 0 Å². The molecular formula is C30H39N3O5. The van der Waals surface area contributed by atoms with Crippen LogP contribution >= 0.6 is 0 Å². The molecule has 0 saturated carbocycles. The number of carbonyl (C=O) groups is 3. The van der Waals surface area contributed by atoms with E-state index in [1.165, 1.54) is 0 Å². The lowest BCUT2D eigenvalue weighted by Crippen LogP contribution is -2.59. The van der Waals surface area contributed by atoms with Crippen molar-refractivity contribution in [3.05, 3.63) is 54.6 Å². The van der Waals surface area contributed by atoms with E-state index in [2.05, 4.69) is 6.92 Å². The van der Waals surface area contributed by atoms with Crippen molar-refractivity contribution < 1.29 is 24.2 Å². The van der Waals surface area contributed by atoms with Crippen LogP contribution in [0.25, 0.3) is 0 Å². The lowest BCUT2D eigenvalue weighted by Gasteiger charge is -2.41. The third-order valence-electron chi connectivity index (χ3n) is 8.74. The molecule has 4 aliphatic rings. The van der Waals surface area contributed by atoms with Crippen LogP contribution in [-0.2, 0) is 19.1 Å². The summed E-state index contributed by atoms with van der Waals surface area (Å²) in [6.07, 6.45) is 9.37. The largest absolute Gasteiger partial charge is 0.394 e. The van der Waals surface area contributed by atoms with Crippen molar-refractivity contribution in [1.29, 1.82) is 0 Å². The molecule has 3 amide bonds. The Balaban J connectivity index is 1.65. The summed E-state index contributed by atoms with van der Waals surface area (Å²) in [6.45, 7) is 8.88. The van der Waals surface area contributed by atoms with Crippen LogP contribution in [0.2, 0.25) is 0 Å². The van der Waals surface area contributed by atoms with Crippen molar-refractivity contribution in [3.8, 4) is 0 Å². The van der Waals surface area contributed by atoms with Crippen LogP contribution in [0.15, 0.2) is 54.6 Å². The number of aliphatic hydroxyl groups excluding tert-OH is 1. The van der Waals surface area contributed by atoms with Gasteiger partial charge in [-0.15, -0.1) is 0 Å². The molecule has 1 aromatic carbocycles. The Morgan fingerprint density at radius 1 is 1.00 bits per heavy atom. The molecule has 0 radical (unpaired) electrons. The van der Waals surface area contributed by atoms with Gasteiger partial charge in [-0.05, 0) is 31.4 Å². The summed E-state index contributed by atoms with van der Waals surface area (Å²) in [7, 11) is 0. The van der Waals surface area contributed by atoms with Crippen LogP contribution < -0.4 is 4.90 Å². The predicted molar refractivity (Wildman–Crippen MR) is 144 cm³/mol. The summed E-state index contributed by atoms with van der Waals surface area (Å²) in [5.41, 5.74) is -1.63. The van der Waals surface area contributed by atoms with Crippen molar-refractivity contribution in [2.75, 3.05) is 31.1 Å². The zero-order chi connectivity index (χ0) is 27.2. The Hall–Kier alpha value is -2.97. The zero-order valence-corrected chi connectivity index (χ0v) is 22.7. The van der Waals surface area contributed by atoms with Crippen LogP contribution in [-0.4, -0.2) is 82.2 Å². The van der Waals surface area contributed by atoms with Gasteiger partial charge in [-0.3, -0.25) is 14.4 Å². The van der Waals surface area contributed by atoms with Gasteiger partial charge in [0.1, 0.15) is 11.6 Å². The number of unbranched alkanes of at least 4 members (excludes halogenated alkanes) is 1. The lowest BCUT2D eigenvalue weighted by molar-refractivity contribution is -0.155. The fourth-order valence-electron chi connectivity index (χ4n) is 6.88. The number of para-hydroxylation sites is 1. The van der Waals surface area contributed by atoms with E-state index in [9.17, 15) is 19.5 Å². The standard InChI is InChI=1S/C30H39N3O5/c1-5-6-16-31-17-11-15-30-24(27(36)33(25(30)28(31)37)22(19-34)20(2)3)23-26(35)32(21-12-8-7-9-13-21)18-10-14-29(23,4)38-30/h7-15,20,22-25,34H,5-6,16-19H2,1-4H3/t22-,23+,24-,25?,29-,30-/m0/s1. The van der Waals surface area contributed by atoms with E-state index in [0.29, 0.717) is 19.6 Å². The van der Waals surface area contributed by atoms with Gasteiger partial charge in [-0.25, -0.2) is 0 Å². The maximum absolute atomic E-state index is 14.5. The molecule has 1 spiro atoms. The third kappa shape index (κ3) is 3.92. The minimum atomic E-state index is -1.31. The second kappa shape index (κ2) is 9.97. The molecule has 5 rings (SSSR count). The SMILES string of the molecule is CCCCN1CC=C[C@]23O[C@@]4(C)C=CCN(c5ccccc5)C(=O)[C@H]4[C@H]2C(=O)N([C@@H](CO)C(C)C)C3C1=O. The van der Waals surface area contributed by atoms with E-state index >= 15 is 0 Å². The number of amides is 3. The number of hydrogen-bond donors (Lipinski definition) is 1. The molecule has 4 aliphatic heterocycles. The summed E-state index contributed by atoms with van der Waals surface area (Å²) in [5.74, 6) is -2.50. The fourth-order valence-corrected chi connectivity index (χ4v) is 6.88. The molecule has 2 fully saturated rings. The zero-order valence-electron chi connectivity index (χ0n) is 22.7. The minimum absolute atomic E-state index is 0.0964. The fraction of sp³-hybridized carbons (Fsp3) is 0.567. The number of likely N-dealkylation sites (tertiary alicyclic amines) is 1. The molecule has 6 atom stereocenters. The minimum Gasteiger partial charge on any atom is -0.394 e. The topological polar surface area (TPSA) is 90.4 Å². The van der Waals surface area contributed by atoms with E-state index in [-0.39, 0.29) is 30.2 Å². The average Bonchev–Trinajstić information content (AvgIpc) is 3.16. The highest BCUT2D eigenvalue weighted by Crippen LogP contribution is 2.58. The first kappa shape index (κ1) is 26.6. The van der Waals surface area contributed by atoms with Crippen LogP contribution in [0.3, 0.4) is 0 Å². The van der Waals surface area contributed by atoms with Crippen molar-refractivity contribution in [1.82, 2.24) is 9.80 Å². The lowest BCUT2D eigenvalue weighted by atomic mass is 9.74. The van der Waals surface area contributed by atoms with E-state index < -0.39 is 35.1 Å². The highest BCUT2D eigenvalue weighted by atomic mass is 16.5. The molecule has 8 nitrogen and oxygen atoms in total. The van der Waals surface area contributed by atoms with Gasteiger partial charge in [0.25, 0.3) is 0 Å². The quantitative estimate of drug-likeness (QED) is 0.558. The van der Waals surface area contributed by atoms with Gasteiger partial charge in [0.15, 0.2) is 0 Å². The van der Waals surface area contributed by atoms with Gasteiger partial charge >= 0.3 is 0 Å². The first-order valence-electron chi connectivity index (χ1n) is 13.8. The van der Waals surface area contributed by atoms with E-state index in [1.807, 2.05) is 75.4 Å². The number of ether oxygens (including phenoxy) is 1. The number of carbonyl (C=O) groups excluding carboxylic acids is 3. The second-order valence-electron chi connectivity index (χ2n) is 11.5. The molecule has 1 aromatic rings. The van der Waals surface area contributed by atoms with Crippen LogP contribution in [0.4, 0.5) is 5.69 Å². The smallest absolute Gasteiger partial charge is 0.249 e.